The molecular formula is C16H19N3O4S. The van der Waals surface area contributed by atoms with Crippen LogP contribution in [0.25, 0.3) is 10.7 Å². The van der Waals surface area contributed by atoms with E-state index in [1.165, 1.54) is 0 Å². The fourth-order valence-electron chi connectivity index (χ4n) is 1.74. The molecule has 0 aromatic carbocycles. The van der Waals surface area contributed by atoms with Gasteiger partial charge in [0.05, 0.1) is 12.3 Å². The van der Waals surface area contributed by atoms with Gasteiger partial charge in [-0.3, -0.25) is 10.3 Å². The van der Waals surface area contributed by atoms with Crippen LogP contribution in [0.4, 0.5) is 9.80 Å². The van der Waals surface area contributed by atoms with Crippen LogP contribution in [0.3, 0.4) is 0 Å². The van der Waals surface area contributed by atoms with Crippen molar-refractivity contribution in [3.05, 3.63) is 30.1 Å². The lowest BCUT2D eigenvalue weighted by Crippen LogP contribution is -2.27. The number of carbonyl (C=O) groups is 2. The number of aromatic nitrogens is 2. The average Bonchev–Trinajstić information content (AvgIpc) is 2.90. The topological polar surface area (TPSA) is 90.4 Å². The largest absolute Gasteiger partial charge is 0.461 e. The lowest BCUT2D eigenvalue weighted by molar-refractivity contribution is 0.0521. The summed E-state index contributed by atoms with van der Waals surface area (Å²) in [4.78, 5) is 32.5. The van der Waals surface area contributed by atoms with Gasteiger partial charge in [0.25, 0.3) is 0 Å². The summed E-state index contributed by atoms with van der Waals surface area (Å²) in [7, 11) is 0. The van der Waals surface area contributed by atoms with Gasteiger partial charge in [0.2, 0.25) is 0 Å². The number of hydrogen-bond acceptors (Lipinski definition) is 7. The van der Waals surface area contributed by atoms with Crippen LogP contribution in [-0.2, 0) is 9.47 Å². The molecule has 0 fully saturated rings. The Kier molecular flexibility index (Phi) is 5.50. The number of ether oxygens (including phenoxy) is 2. The molecule has 0 saturated carbocycles. The first kappa shape index (κ1) is 17.9. The van der Waals surface area contributed by atoms with Crippen molar-refractivity contribution in [2.45, 2.75) is 33.3 Å². The normalized spacial score (nSPS) is 11.0. The number of carbonyl (C=O) groups excluding carboxylic acids is 2. The molecular weight excluding hydrogens is 330 g/mol. The van der Waals surface area contributed by atoms with E-state index >= 15 is 0 Å². The molecule has 0 spiro atoms. The highest BCUT2D eigenvalue weighted by atomic mass is 32.1. The van der Waals surface area contributed by atoms with Crippen LogP contribution in [0.15, 0.2) is 24.4 Å². The van der Waals surface area contributed by atoms with Gasteiger partial charge in [-0.2, -0.15) is 0 Å². The molecule has 0 unspecified atom stereocenters. The van der Waals surface area contributed by atoms with Crippen LogP contribution in [0.1, 0.15) is 38.2 Å². The second kappa shape index (κ2) is 7.39. The maximum absolute atomic E-state index is 12.1. The number of nitrogens with zero attached hydrogens (tertiary/aromatic N) is 2. The number of nitrogens with one attached hydrogen (secondary N) is 1. The van der Waals surface area contributed by atoms with E-state index in [0.717, 1.165) is 11.3 Å². The molecule has 0 bridgehead atoms. The second-order valence-corrected chi connectivity index (χ2v) is 6.76. The summed E-state index contributed by atoms with van der Waals surface area (Å²) in [6, 6.07) is 5.36. The second-order valence-electron chi connectivity index (χ2n) is 5.76. The molecule has 0 aliphatic rings. The van der Waals surface area contributed by atoms with Crippen LogP contribution in [0, 0.1) is 0 Å². The van der Waals surface area contributed by atoms with E-state index in [0.29, 0.717) is 10.7 Å². The van der Waals surface area contributed by atoms with Crippen molar-refractivity contribution in [2.24, 2.45) is 0 Å². The van der Waals surface area contributed by atoms with Crippen molar-refractivity contribution in [1.29, 1.82) is 0 Å². The van der Waals surface area contributed by atoms with E-state index in [1.54, 1.807) is 46.0 Å². The van der Waals surface area contributed by atoms with Gasteiger partial charge in [0.15, 0.2) is 5.69 Å². The Morgan fingerprint density at radius 3 is 2.62 bits per heavy atom. The lowest BCUT2D eigenvalue weighted by Gasteiger charge is -2.19. The average molecular weight is 349 g/mol. The Bertz CT molecular complexity index is 723. The van der Waals surface area contributed by atoms with Crippen molar-refractivity contribution < 1.29 is 19.1 Å². The minimum Gasteiger partial charge on any atom is -0.461 e. The summed E-state index contributed by atoms with van der Waals surface area (Å²) in [5, 5.41) is 3.33. The van der Waals surface area contributed by atoms with Gasteiger partial charge in [-0.25, -0.2) is 14.6 Å². The SMILES string of the molecule is CCOC(=O)c1nc(-c2ccccn2)sc1NC(=O)OC(C)(C)C. The predicted octanol–water partition coefficient (Wildman–Crippen LogP) is 3.73. The molecule has 2 aromatic rings. The van der Waals surface area contributed by atoms with Crippen molar-refractivity contribution in [1.82, 2.24) is 9.97 Å². The van der Waals surface area contributed by atoms with Crippen LogP contribution in [-0.4, -0.2) is 34.2 Å². The van der Waals surface area contributed by atoms with Crippen molar-refractivity contribution in [2.75, 3.05) is 11.9 Å². The Hall–Kier alpha value is -2.48. The quantitative estimate of drug-likeness (QED) is 0.846. The zero-order chi connectivity index (χ0) is 17.7. The Balaban J connectivity index is 2.32. The van der Waals surface area contributed by atoms with E-state index in [4.69, 9.17) is 9.47 Å². The first-order chi connectivity index (χ1) is 11.3. The van der Waals surface area contributed by atoms with E-state index in [2.05, 4.69) is 15.3 Å². The third-order valence-corrected chi connectivity index (χ3v) is 3.59. The van der Waals surface area contributed by atoms with Gasteiger partial charge in [0, 0.05) is 6.20 Å². The number of anilines is 1. The number of pyridine rings is 1. The first-order valence-electron chi connectivity index (χ1n) is 7.39. The molecule has 2 aromatic heterocycles. The third kappa shape index (κ3) is 4.76. The number of esters is 1. The standard InChI is InChI=1S/C16H19N3O4S/c1-5-22-14(20)11-13(19-15(21)23-16(2,3)4)24-12(18-11)10-8-6-7-9-17-10/h6-9H,5H2,1-4H3,(H,19,21). The minimum atomic E-state index is -0.663. The monoisotopic (exact) mass is 349 g/mol. The van der Waals surface area contributed by atoms with Crippen LogP contribution >= 0.6 is 11.3 Å². The van der Waals surface area contributed by atoms with Crippen LogP contribution in [0.5, 0.6) is 0 Å². The van der Waals surface area contributed by atoms with Crippen LogP contribution < -0.4 is 5.32 Å². The predicted molar refractivity (Wildman–Crippen MR) is 91.2 cm³/mol. The molecule has 2 rings (SSSR count). The molecule has 1 amide bonds. The summed E-state index contributed by atoms with van der Waals surface area (Å²) in [5.41, 5.74) is -0.0125. The molecule has 1 N–H and O–H groups in total. The van der Waals surface area contributed by atoms with Gasteiger partial charge in [0.1, 0.15) is 15.6 Å². The van der Waals surface area contributed by atoms with Gasteiger partial charge < -0.3 is 9.47 Å². The highest BCUT2D eigenvalue weighted by Crippen LogP contribution is 2.32. The van der Waals surface area contributed by atoms with Gasteiger partial charge in [-0.05, 0) is 39.8 Å². The van der Waals surface area contributed by atoms with Crippen molar-refractivity contribution in [3.63, 3.8) is 0 Å². The number of rotatable bonds is 4. The number of amides is 1. The summed E-state index contributed by atoms with van der Waals surface area (Å²) < 4.78 is 10.2. The molecule has 0 aliphatic heterocycles. The molecule has 7 nitrogen and oxygen atoms in total. The van der Waals surface area contributed by atoms with Gasteiger partial charge >= 0.3 is 12.1 Å². The minimum absolute atomic E-state index is 0.0355. The molecule has 0 radical (unpaired) electrons. The van der Waals surface area contributed by atoms with E-state index < -0.39 is 17.7 Å². The molecule has 0 saturated heterocycles. The molecule has 2 heterocycles. The Labute approximate surface area is 144 Å². The molecule has 128 valence electrons. The van der Waals surface area contributed by atoms with E-state index in [1.807, 2.05) is 6.07 Å². The first-order valence-corrected chi connectivity index (χ1v) is 8.21. The summed E-state index contributed by atoms with van der Waals surface area (Å²) in [5.74, 6) is -0.609. The fraction of sp³-hybridized carbons (Fsp3) is 0.375. The smallest absolute Gasteiger partial charge is 0.412 e. The molecule has 0 aliphatic carbocycles. The van der Waals surface area contributed by atoms with Crippen molar-refractivity contribution in [3.8, 4) is 10.7 Å². The highest BCUT2D eigenvalue weighted by molar-refractivity contribution is 7.19. The summed E-state index contributed by atoms with van der Waals surface area (Å²) in [6.07, 6.45) is 0.964. The lowest BCUT2D eigenvalue weighted by atomic mass is 10.2. The highest BCUT2D eigenvalue weighted by Gasteiger charge is 2.24. The number of hydrogen-bond donors (Lipinski definition) is 1. The van der Waals surface area contributed by atoms with Crippen LogP contribution in [0.2, 0.25) is 0 Å². The van der Waals surface area contributed by atoms with E-state index in [-0.39, 0.29) is 17.3 Å². The summed E-state index contributed by atoms with van der Waals surface area (Å²) in [6.45, 7) is 7.17. The molecule has 0 atom stereocenters. The van der Waals surface area contributed by atoms with Gasteiger partial charge in [-0.1, -0.05) is 17.4 Å². The van der Waals surface area contributed by atoms with E-state index in [9.17, 15) is 9.59 Å². The molecule has 24 heavy (non-hydrogen) atoms. The number of thiazole rings is 1. The maximum atomic E-state index is 12.1. The Morgan fingerprint density at radius 2 is 2.04 bits per heavy atom. The zero-order valence-corrected chi connectivity index (χ0v) is 14.8. The van der Waals surface area contributed by atoms with Gasteiger partial charge in [-0.15, -0.1) is 0 Å². The maximum Gasteiger partial charge on any atom is 0.412 e. The third-order valence-electron chi connectivity index (χ3n) is 2.59. The van der Waals surface area contributed by atoms with Crippen molar-refractivity contribution >= 4 is 28.4 Å². The summed E-state index contributed by atoms with van der Waals surface area (Å²) >= 11 is 1.13. The fourth-order valence-corrected chi connectivity index (χ4v) is 2.65. The molecule has 8 heteroatoms. The Morgan fingerprint density at radius 1 is 1.29 bits per heavy atom. The zero-order valence-electron chi connectivity index (χ0n) is 14.0.